The van der Waals surface area contributed by atoms with Gasteiger partial charge in [0.2, 0.25) is 0 Å². The zero-order valence-electron chi connectivity index (χ0n) is 11.2. The normalized spacial score (nSPS) is 10.8. The summed E-state index contributed by atoms with van der Waals surface area (Å²) in [6, 6.07) is 10.3. The van der Waals surface area contributed by atoms with E-state index in [1.807, 2.05) is 35.3 Å². The molecule has 3 aromatic rings. The van der Waals surface area contributed by atoms with E-state index in [1.54, 1.807) is 6.20 Å². The maximum atomic E-state index is 4.38. The molecule has 0 aliphatic heterocycles. The maximum Gasteiger partial charge on any atom is 0.120 e. The van der Waals surface area contributed by atoms with Crippen molar-refractivity contribution in [2.45, 2.75) is 19.6 Å². The van der Waals surface area contributed by atoms with Crippen molar-refractivity contribution in [2.24, 2.45) is 0 Å². The summed E-state index contributed by atoms with van der Waals surface area (Å²) in [5.74, 6) is 0.946. The van der Waals surface area contributed by atoms with E-state index in [9.17, 15) is 0 Å². The van der Waals surface area contributed by atoms with Crippen LogP contribution in [0.25, 0.3) is 0 Å². The molecule has 2 heterocycles. The van der Waals surface area contributed by atoms with Crippen LogP contribution < -0.4 is 5.32 Å². The SMILES string of the molecule is c1ccc(Cn2cc(CNCc3ncc[nH]3)cn2)cc1. The molecule has 0 unspecified atom stereocenters. The maximum absolute atomic E-state index is 4.38. The highest BCUT2D eigenvalue weighted by molar-refractivity contribution is 5.15. The van der Waals surface area contributed by atoms with Crippen molar-refractivity contribution < 1.29 is 0 Å². The number of nitrogens with one attached hydrogen (secondary N) is 2. The highest BCUT2D eigenvalue weighted by Crippen LogP contribution is 2.04. The van der Waals surface area contributed by atoms with E-state index >= 15 is 0 Å². The van der Waals surface area contributed by atoms with Crippen LogP contribution in [0.1, 0.15) is 17.0 Å². The number of rotatable bonds is 6. The molecule has 0 aliphatic rings. The van der Waals surface area contributed by atoms with E-state index in [0.717, 1.165) is 25.5 Å². The molecule has 0 atom stereocenters. The third kappa shape index (κ3) is 3.33. The van der Waals surface area contributed by atoms with Gasteiger partial charge in [-0.3, -0.25) is 4.68 Å². The molecule has 0 spiro atoms. The van der Waals surface area contributed by atoms with Crippen LogP contribution in [0.4, 0.5) is 0 Å². The van der Waals surface area contributed by atoms with Gasteiger partial charge in [-0.15, -0.1) is 0 Å². The lowest BCUT2D eigenvalue weighted by atomic mass is 10.2. The predicted molar refractivity (Wildman–Crippen MR) is 76.9 cm³/mol. The van der Waals surface area contributed by atoms with Crippen molar-refractivity contribution in [1.29, 1.82) is 0 Å². The van der Waals surface area contributed by atoms with E-state index in [1.165, 1.54) is 11.1 Å². The number of aromatic amines is 1. The van der Waals surface area contributed by atoms with Gasteiger partial charge in [-0.1, -0.05) is 30.3 Å². The van der Waals surface area contributed by atoms with Gasteiger partial charge in [-0.05, 0) is 5.56 Å². The Morgan fingerprint density at radius 3 is 2.80 bits per heavy atom. The van der Waals surface area contributed by atoms with Crippen molar-refractivity contribution in [3.63, 3.8) is 0 Å². The Bertz CT molecular complexity index is 627. The second-order valence-corrected chi connectivity index (χ2v) is 4.67. The molecule has 0 saturated carbocycles. The highest BCUT2D eigenvalue weighted by atomic mass is 15.3. The monoisotopic (exact) mass is 267 g/mol. The van der Waals surface area contributed by atoms with Crippen LogP contribution in [0.15, 0.2) is 55.1 Å². The molecule has 0 fully saturated rings. The van der Waals surface area contributed by atoms with Crippen LogP contribution in [0.5, 0.6) is 0 Å². The van der Waals surface area contributed by atoms with Gasteiger partial charge in [-0.2, -0.15) is 5.10 Å². The predicted octanol–water partition coefficient (Wildman–Crippen LogP) is 1.94. The Hall–Kier alpha value is -2.40. The van der Waals surface area contributed by atoms with Crippen molar-refractivity contribution in [1.82, 2.24) is 25.1 Å². The van der Waals surface area contributed by atoms with E-state index in [2.05, 4.69) is 38.7 Å². The van der Waals surface area contributed by atoms with Crippen LogP contribution in [-0.2, 0) is 19.6 Å². The van der Waals surface area contributed by atoms with Gasteiger partial charge >= 0.3 is 0 Å². The first-order valence-corrected chi connectivity index (χ1v) is 6.64. The molecule has 3 rings (SSSR count). The first-order chi connectivity index (χ1) is 9.90. The molecule has 5 heteroatoms. The zero-order chi connectivity index (χ0) is 13.6. The average Bonchev–Trinajstić information content (AvgIpc) is 3.12. The first kappa shape index (κ1) is 12.6. The minimum Gasteiger partial charge on any atom is -0.348 e. The number of hydrogen-bond acceptors (Lipinski definition) is 3. The van der Waals surface area contributed by atoms with E-state index in [0.29, 0.717) is 0 Å². The van der Waals surface area contributed by atoms with Gasteiger partial charge in [0.25, 0.3) is 0 Å². The smallest absolute Gasteiger partial charge is 0.120 e. The number of benzene rings is 1. The molecule has 20 heavy (non-hydrogen) atoms. The summed E-state index contributed by atoms with van der Waals surface area (Å²) in [5, 5.41) is 7.71. The topological polar surface area (TPSA) is 58.5 Å². The number of aromatic nitrogens is 4. The first-order valence-electron chi connectivity index (χ1n) is 6.64. The molecule has 1 aromatic carbocycles. The van der Waals surface area contributed by atoms with Crippen LogP contribution in [0, 0.1) is 0 Å². The van der Waals surface area contributed by atoms with E-state index < -0.39 is 0 Å². The molecule has 0 bridgehead atoms. The highest BCUT2D eigenvalue weighted by Gasteiger charge is 2.00. The lowest BCUT2D eigenvalue weighted by molar-refractivity contribution is 0.663. The minimum atomic E-state index is 0.733. The number of H-pyrrole nitrogens is 1. The number of imidazole rings is 1. The summed E-state index contributed by atoms with van der Waals surface area (Å²) >= 11 is 0. The molecular formula is C15H17N5. The summed E-state index contributed by atoms with van der Waals surface area (Å²) in [4.78, 5) is 7.24. The fourth-order valence-corrected chi connectivity index (χ4v) is 2.07. The Morgan fingerprint density at radius 2 is 2.00 bits per heavy atom. The molecule has 0 radical (unpaired) electrons. The molecule has 5 nitrogen and oxygen atoms in total. The van der Waals surface area contributed by atoms with Crippen molar-refractivity contribution >= 4 is 0 Å². The number of hydrogen-bond donors (Lipinski definition) is 2. The van der Waals surface area contributed by atoms with Gasteiger partial charge in [-0.25, -0.2) is 4.98 Å². The lowest BCUT2D eigenvalue weighted by Gasteiger charge is -2.01. The van der Waals surface area contributed by atoms with Crippen LogP contribution in [0.2, 0.25) is 0 Å². The van der Waals surface area contributed by atoms with Crippen LogP contribution in [0.3, 0.4) is 0 Å². The molecule has 2 aromatic heterocycles. The molecular weight excluding hydrogens is 250 g/mol. The molecule has 0 saturated heterocycles. The Balaban J connectivity index is 1.52. The Kier molecular flexibility index (Phi) is 3.89. The molecule has 0 amide bonds. The Morgan fingerprint density at radius 1 is 1.10 bits per heavy atom. The summed E-state index contributed by atoms with van der Waals surface area (Å²) in [7, 11) is 0. The zero-order valence-corrected chi connectivity index (χ0v) is 11.2. The lowest BCUT2D eigenvalue weighted by Crippen LogP contribution is -2.13. The van der Waals surface area contributed by atoms with Gasteiger partial charge in [0.15, 0.2) is 0 Å². The summed E-state index contributed by atoms with van der Waals surface area (Å²) in [5.41, 5.74) is 2.43. The fourth-order valence-electron chi connectivity index (χ4n) is 2.07. The fraction of sp³-hybridized carbons (Fsp3) is 0.200. The third-order valence-electron chi connectivity index (χ3n) is 3.05. The molecule has 0 aliphatic carbocycles. The third-order valence-corrected chi connectivity index (χ3v) is 3.05. The second-order valence-electron chi connectivity index (χ2n) is 4.67. The van der Waals surface area contributed by atoms with Crippen molar-refractivity contribution in [2.75, 3.05) is 0 Å². The molecule has 2 N–H and O–H groups in total. The summed E-state index contributed by atoms with van der Waals surface area (Å²) < 4.78 is 1.96. The van der Waals surface area contributed by atoms with Gasteiger partial charge in [0, 0.05) is 30.7 Å². The summed E-state index contributed by atoms with van der Waals surface area (Å²) in [6.45, 7) is 2.32. The van der Waals surface area contributed by atoms with Crippen molar-refractivity contribution in [3.8, 4) is 0 Å². The van der Waals surface area contributed by atoms with Gasteiger partial charge in [0.05, 0.1) is 19.3 Å². The van der Waals surface area contributed by atoms with Crippen LogP contribution in [-0.4, -0.2) is 19.7 Å². The number of nitrogens with zero attached hydrogens (tertiary/aromatic N) is 3. The second kappa shape index (κ2) is 6.16. The van der Waals surface area contributed by atoms with Gasteiger partial charge < -0.3 is 10.3 Å². The summed E-state index contributed by atoms with van der Waals surface area (Å²) in [6.07, 6.45) is 7.56. The van der Waals surface area contributed by atoms with Gasteiger partial charge in [0.1, 0.15) is 5.82 Å². The standard InChI is InChI=1S/C15H17N5/c1-2-4-13(5-3-1)11-20-12-14(9-19-20)8-16-10-15-17-6-7-18-15/h1-7,9,12,16H,8,10-11H2,(H,17,18). The van der Waals surface area contributed by atoms with Crippen molar-refractivity contribution in [3.05, 3.63) is 72.1 Å². The molecule has 102 valence electrons. The minimum absolute atomic E-state index is 0.733. The van der Waals surface area contributed by atoms with E-state index in [-0.39, 0.29) is 0 Å². The van der Waals surface area contributed by atoms with Crippen LogP contribution >= 0.6 is 0 Å². The van der Waals surface area contributed by atoms with E-state index in [4.69, 9.17) is 0 Å². The average molecular weight is 267 g/mol. The Labute approximate surface area is 117 Å². The quantitative estimate of drug-likeness (QED) is 0.717. The largest absolute Gasteiger partial charge is 0.348 e.